The van der Waals surface area contributed by atoms with Gasteiger partial charge in [0.25, 0.3) is 0 Å². The Labute approximate surface area is 220 Å². The first kappa shape index (κ1) is 24.5. The van der Waals surface area contributed by atoms with Gasteiger partial charge in [0.15, 0.2) is 11.0 Å². The van der Waals surface area contributed by atoms with Gasteiger partial charge in [0.2, 0.25) is 5.91 Å². The molecule has 2 atom stereocenters. The van der Waals surface area contributed by atoms with Crippen LogP contribution in [0.2, 0.25) is 0 Å². The fourth-order valence-electron chi connectivity index (χ4n) is 4.14. The number of benzene rings is 2. The highest BCUT2D eigenvalue weighted by Gasteiger charge is 2.24. The number of nitrogens with zero attached hydrogens (tertiary/aromatic N) is 5. The lowest BCUT2D eigenvalue weighted by molar-refractivity contribution is -0.119. The van der Waals surface area contributed by atoms with Gasteiger partial charge in [-0.05, 0) is 60.9 Å². The van der Waals surface area contributed by atoms with Crippen LogP contribution in [-0.2, 0) is 10.5 Å². The number of carbonyl (C=O) groups is 1. The number of aryl methyl sites for hydroxylation is 1. The SMILES string of the molecule is CCC(C(=O)Nc1cc(NC2C=NC2)ccc1C)n1cccc2nc(SCc3ccc(C#N)cc3)nc1-2. The third-order valence-electron chi connectivity index (χ3n) is 6.30. The predicted octanol–water partition coefficient (Wildman–Crippen LogP) is 5.31. The molecule has 3 aliphatic rings. The Balaban J connectivity index is 1.32. The predicted molar refractivity (Wildman–Crippen MR) is 147 cm³/mol. The van der Waals surface area contributed by atoms with Gasteiger partial charge in [0, 0.05) is 29.5 Å². The molecule has 3 aliphatic heterocycles. The number of aromatic nitrogens is 3. The van der Waals surface area contributed by atoms with Gasteiger partial charge in [-0.1, -0.05) is 36.9 Å². The molecule has 0 fully saturated rings. The summed E-state index contributed by atoms with van der Waals surface area (Å²) in [6.45, 7) is 4.75. The van der Waals surface area contributed by atoms with Crippen LogP contribution in [0, 0.1) is 18.3 Å². The maximum atomic E-state index is 13.5. The lowest BCUT2D eigenvalue weighted by atomic mass is 10.1. The van der Waals surface area contributed by atoms with Crippen LogP contribution in [0.3, 0.4) is 0 Å². The van der Waals surface area contributed by atoms with Gasteiger partial charge in [0.05, 0.1) is 24.2 Å². The van der Waals surface area contributed by atoms with Crippen molar-refractivity contribution in [2.75, 3.05) is 17.2 Å². The van der Waals surface area contributed by atoms with Crippen LogP contribution >= 0.6 is 11.8 Å². The zero-order valence-electron chi connectivity index (χ0n) is 20.7. The first-order valence-electron chi connectivity index (χ1n) is 12.2. The third kappa shape index (κ3) is 5.49. The molecule has 0 radical (unpaired) electrons. The van der Waals surface area contributed by atoms with E-state index in [9.17, 15) is 4.79 Å². The number of anilines is 2. The zero-order chi connectivity index (χ0) is 25.8. The van der Waals surface area contributed by atoms with Crippen molar-refractivity contribution in [1.82, 2.24) is 14.5 Å². The van der Waals surface area contributed by atoms with Crippen molar-refractivity contribution >= 4 is 35.3 Å². The van der Waals surface area contributed by atoms with Gasteiger partial charge in [-0.15, -0.1) is 0 Å². The lowest BCUT2D eigenvalue weighted by Gasteiger charge is -2.23. The summed E-state index contributed by atoms with van der Waals surface area (Å²) in [4.78, 5) is 27.0. The van der Waals surface area contributed by atoms with Gasteiger partial charge in [-0.25, -0.2) is 9.97 Å². The first-order valence-corrected chi connectivity index (χ1v) is 13.2. The molecular weight excluding hydrogens is 482 g/mol. The molecular formula is C28H27N7OS. The van der Waals surface area contributed by atoms with Crippen LogP contribution < -0.4 is 10.6 Å². The number of fused-ring (bicyclic) bond motifs is 1. The maximum Gasteiger partial charge on any atom is 0.247 e. The molecule has 0 bridgehead atoms. The fraction of sp³-hybridized carbons (Fsp3) is 0.250. The molecule has 2 N–H and O–H groups in total. The Morgan fingerprint density at radius 3 is 2.73 bits per heavy atom. The molecule has 0 saturated heterocycles. The molecule has 2 unspecified atom stereocenters. The third-order valence-corrected chi connectivity index (χ3v) is 7.22. The second-order valence-corrected chi connectivity index (χ2v) is 9.88. The smallest absolute Gasteiger partial charge is 0.247 e. The van der Waals surface area contributed by atoms with Gasteiger partial charge >= 0.3 is 0 Å². The number of aliphatic imine (C=N–C) groups is 1. The van der Waals surface area contributed by atoms with Crippen LogP contribution in [-0.4, -0.2) is 39.2 Å². The molecule has 0 saturated carbocycles. The highest BCUT2D eigenvalue weighted by molar-refractivity contribution is 7.98. The molecule has 186 valence electrons. The molecule has 5 rings (SSSR count). The van der Waals surface area contributed by atoms with Crippen LogP contribution in [0.1, 0.15) is 36.1 Å². The number of amides is 1. The van der Waals surface area contributed by atoms with Gasteiger partial charge < -0.3 is 15.2 Å². The quantitative estimate of drug-likeness (QED) is 0.296. The lowest BCUT2D eigenvalue weighted by Crippen LogP contribution is -2.31. The Morgan fingerprint density at radius 2 is 2.03 bits per heavy atom. The van der Waals surface area contributed by atoms with Gasteiger partial charge in [0.1, 0.15) is 11.7 Å². The van der Waals surface area contributed by atoms with Crippen molar-refractivity contribution in [3.8, 4) is 17.6 Å². The van der Waals surface area contributed by atoms with Gasteiger partial charge in [-0.2, -0.15) is 5.26 Å². The van der Waals surface area contributed by atoms with E-state index in [1.54, 1.807) is 0 Å². The largest absolute Gasteiger partial charge is 0.375 e. The molecule has 1 amide bonds. The number of nitriles is 1. The van der Waals surface area contributed by atoms with E-state index in [0.29, 0.717) is 28.7 Å². The minimum atomic E-state index is -0.438. The number of imidazole rings is 1. The number of hydrogen-bond donors (Lipinski definition) is 2. The summed E-state index contributed by atoms with van der Waals surface area (Å²) in [5, 5.41) is 16.2. The van der Waals surface area contributed by atoms with E-state index in [4.69, 9.17) is 10.2 Å². The number of thioether (sulfide) groups is 1. The van der Waals surface area contributed by atoms with Crippen molar-refractivity contribution < 1.29 is 4.79 Å². The van der Waals surface area contributed by atoms with Crippen molar-refractivity contribution in [3.63, 3.8) is 0 Å². The van der Waals surface area contributed by atoms with Crippen molar-refractivity contribution in [1.29, 1.82) is 5.26 Å². The monoisotopic (exact) mass is 509 g/mol. The summed E-state index contributed by atoms with van der Waals surface area (Å²) in [6.07, 6.45) is 4.38. The Morgan fingerprint density at radius 1 is 1.22 bits per heavy atom. The molecule has 0 aromatic heterocycles. The molecule has 2 aromatic carbocycles. The zero-order valence-corrected chi connectivity index (χ0v) is 21.5. The summed E-state index contributed by atoms with van der Waals surface area (Å²) in [5.41, 5.74) is 5.21. The minimum Gasteiger partial charge on any atom is -0.375 e. The van der Waals surface area contributed by atoms with E-state index in [-0.39, 0.29) is 11.9 Å². The topological polar surface area (TPSA) is 108 Å². The molecule has 3 heterocycles. The Kier molecular flexibility index (Phi) is 7.19. The Bertz CT molecular complexity index is 1450. The average Bonchev–Trinajstić information content (AvgIpc) is 3.31. The van der Waals surface area contributed by atoms with Crippen LogP contribution in [0.15, 0.2) is 70.9 Å². The summed E-state index contributed by atoms with van der Waals surface area (Å²) >= 11 is 1.53. The number of pyridine rings is 1. The fourth-order valence-corrected chi connectivity index (χ4v) is 4.95. The first-order chi connectivity index (χ1) is 18.0. The minimum absolute atomic E-state index is 0.0970. The van der Waals surface area contributed by atoms with E-state index >= 15 is 0 Å². The van der Waals surface area contributed by atoms with Crippen LogP contribution in [0.25, 0.3) is 11.5 Å². The van der Waals surface area contributed by atoms with Crippen molar-refractivity contribution in [3.05, 3.63) is 77.5 Å². The standard InChI is InChI=1S/C28H27N7OS/c1-3-25(27(36)32-24-13-21(11-6-18(24)2)31-22-15-30-16-22)35-12-4-5-23-26(35)34-28(33-23)37-17-20-9-7-19(14-29)8-10-20/h4-13,15,22,25,31H,3,16-17H2,1-2H3,(H,32,36). The van der Waals surface area contributed by atoms with E-state index < -0.39 is 6.04 Å². The maximum absolute atomic E-state index is 13.5. The summed E-state index contributed by atoms with van der Waals surface area (Å²) in [6, 6.07) is 19.2. The van der Waals surface area contributed by atoms with Crippen molar-refractivity contribution in [2.45, 2.75) is 43.3 Å². The highest BCUT2D eigenvalue weighted by Crippen LogP contribution is 2.30. The number of hydrogen-bond acceptors (Lipinski definition) is 7. The molecule has 37 heavy (non-hydrogen) atoms. The summed E-state index contributed by atoms with van der Waals surface area (Å²) < 4.78 is 1.91. The Hall–Kier alpha value is -4.16. The molecule has 2 aromatic rings. The van der Waals surface area contributed by atoms with Crippen molar-refractivity contribution in [2.24, 2.45) is 4.99 Å². The van der Waals surface area contributed by atoms with Crippen LogP contribution in [0.4, 0.5) is 11.4 Å². The molecule has 0 aliphatic carbocycles. The molecule has 8 nitrogen and oxygen atoms in total. The normalized spacial score (nSPS) is 15.1. The second-order valence-electron chi connectivity index (χ2n) is 8.94. The van der Waals surface area contributed by atoms with Crippen LogP contribution in [0.5, 0.6) is 0 Å². The second kappa shape index (κ2) is 10.8. The number of carbonyl (C=O) groups excluding carboxylic acids is 1. The van der Waals surface area contributed by atoms with E-state index in [2.05, 4.69) is 26.7 Å². The average molecular weight is 510 g/mol. The number of nitrogens with one attached hydrogen (secondary N) is 2. The van der Waals surface area contributed by atoms with E-state index in [1.807, 2.05) is 85.4 Å². The van der Waals surface area contributed by atoms with Gasteiger partial charge in [-0.3, -0.25) is 9.79 Å². The van der Waals surface area contributed by atoms with E-state index in [0.717, 1.165) is 34.7 Å². The highest BCUT2D eigenvalue weighted by atomic mass is 32.2. The number of rotatable bonds is 9. The van der Waals surface area contributed by atoms with E-state index in [1.165, 1.54) is 11.8 Å². The summed E-state index contributed by atoms with van der Waals surface area (Å²) in [5.74, 6) is 1.28. The molecule has 0 spiro atoms. The molecule has 9 heteroatoms. The summed E-state index contributed by atoms with van der Waals surface area (Å²) in [7, 11) is 0.